The second kappa shape index (κ2) is 16.4. The molecule has 6 nitrogen and oxygen atoms in total. The number of hydrogen-bond donors (Lipinski definition) is 1. The van der Waals surface area contributed by atoms with Crippen LogP contribution >= 0.6 is 0 Å². The van der Waals surface area contributed by atoms with Crippen LogP contribution in [-0.4, -0.2) is 30.7 Å². The van der Waals surface area contributed by atoms with Gasteiger partial charge in [0.2, 0.25) is 0 Å². The van der Waals surface area contributed by atoms with E-state index in [0.29, 0.717) is 6.61 Å². The second-order valence-electron chi connectivity index (χ2n) is 7.76. The number of carbonyl (C=O) groups is 3. The SMILES string of the molecule is CCCCCCCCCCCCCCCCOC(=O)CCC1NC(=O)OC1=O. The molecule has 6 heteroatoms. The standard InChI is InChI=1S/C22H39NO5/c1-2-3-4-5-6-7-8-9-10-11-12-13-14-15-18-27-20(24)17-16-19-21(25)28-22(26)23-19/h19H,2-18H2,1H3,(H,23,26). The average molecular weight is 398 g/mol. The van der Waals surface area contributed by atoms with Gasteiger partial charge in [0.1, 0.15) is 6.04 Å². The summed E-state index contributed by atoms with van der Waals surface area (Å²) in [5, 5.41) is 2.36. The van der Waals surface area contributed by atoms with Crippen LogP contribution < -0.4 is 5.32 Å². The van der Waals surface area contributed by atoms with Crippen LogP contribution in [0.15, 0.2) is 0 Å². The van der Waals surface area contributed by atoms with Gasteiger partial charge in [-0.25, -0.2) is 9.59 Å². The Kier molecular flexibility index (Phi) is 14.3. The topological polar surface area (TPSA) is 81.7 Å². The normalized spacial score (nSPS) is 16.1. The third-order valence-electron chi connectivity index (χ3n) is 5.17. The monoisotopic (exact) mass is 397 g/mol. The van der Waals surface area contributed by atoms with Crippen LogP contribution in [-0.2, 0) is 19.1 Å². The first-order valence-electron chi connectivity index (χ1n) is 11.3. The molecule has 0 aromatic heterocycles. The van der Waals surface area contributed by atoms with Crippen LogP contribution in [0, 0.1) is 0 Å². The van der Waals surface area contributed by atoms with Gasteiger partial charge in [-0.15, -0.1) is 0 Å². The lowest BCUT2D eigenvalue weighted by molar-refractivity contribution is -0.144. The lowest BCUT2D eigenvalue weighted by atomic mass is 10.0. The van der Waals surface area contributed by atoms with Crippen molar-refractivity contribution < 1.29 is 23.9 Å². The van der Waals surface area contributed by atoms with E-state index >= 15 is 0 Å². The summed E-state index contributed by atoms with van der Waals surface area (Å²) in [6.45, 7) is 2.69. The molecule has 0 saturated carbocycles. The van der Waals surface area contributed by atoms with Crippen molar-refractivity contribution in [2.45, 2.75) is 116 Å². The summed E-state index contributed by atoms with van der Waals surface area (Å²) in [7, 11) is 0. The number of rotatable bonds is 18. The highest BCUT2D eigenvalue weighted by molar-refractivity contribution is 5.95. The fourth-order valence-electron chi connectivity index (χ4n) is 3.40. The van der Waals surface area contributed by atoms with Crippen molar-refractivity contribution in [1.29, 1.82) is 0 Å². The minimum atomic E-state index is -0.745. The molecule has 1 aliphatic rings. The zero-order valence-electron chi connectivity index (χ0n) is 17.6. The van der Waals surface area contributed by atoms with Crippen LogP contribution in [0.1, 0.15) is 110 Å². The molecule has 1 amide bonds. The summed E-state index contributed by atoms with van der Waals surface area (Å²) >= 11 is 0. The van der Waals surface area contributed by atoms with E-state index < -0.39 is 18.1 Å². The van der Waals surface area contributed by atoms with Crippen molar-refractivity contribution in [2.75, 3.05) is 6.61 Å². The summed E-state index contributed by atoms with van der Waals surface area (Å²) in [5.74, 6) is -0.951. The Morgan fingerprint density at radius 2 is 1.36 bits per heavy atom. The van der Waals surface area contributed by atoms with Gasteiger partial charge in [0.05, 0.1) is 6.61 Å². The van der Waals surface area contributed by atoms with Crippen LogP contribution in [0.3, 0.4) is 0 Å². The molecule has 0 aliphatic carbocycles. The van der Waals surface area contributed by atoms with Gasteiger partial charge in [-0.3, -0.25) is 4.79 Å². The number of nitrogens with one attached hydrogen (secondary N) is 1. The Hall–Kier alpha value is -1.59. The molecule has 1 atom stereocenters. The molecule has 1 unspecified atom stereocenters. The van der Waals surface area contributed by atoms with Crippen molar-refractivity contribution in [3.63, 3.8) is 0 Å². The maximum Gasteiger partial charge on any atom is 0.415 e. The molecule has 0 bridgehead atoms. The van der Waals surface area contributed by atoms with Gasteiger partial charge in [0, 0.05) is 6.42 Å². The zero-order chi connectivity index (χ0) is 20.5. The van der Waals surface area contributed by atoms with E-state index in [1.165, 1.54) is 77.0 Å². The van der Waals surface area contributed by atoms with Gasteiger partial charge >= 0.3 is 18.0 Å². The Labute approximate surface area is 170 Å². The van der Waals surface area contributed by atoms with Gasteiger partial charge in [-0.2, -0.15) is 0 Å². The number of unbranched alkanes of at least 4 members (excludes halogenated alkanes) is 13. The average Bonchev–Trinajstić information content (AvgIpc) is 3.00. The van der Waals surface area contributed by atoms with E-state index in [2.05, 4.69) is 17.0 Å². The van der Waals surface area contributed by atoms with Gasteiger partial charge in [-0.05, 0) is 12.8 Å². The molecule has 0 radical (unpaired) electrons. The number of carbonyl (C=O) groups excluding carboxylic acids is 3. The van der Waals surface area contributed by atoms with Gasteiger partial charge < -0.3 is 14.8 Å². The van der Waals surface area contributed by atoms with Crippen molar-refractivity contribution in [1.82, 2.24) is 5.32 Å². The fourth-order valence-corrected chi connectivity index (χ4v) is 3.40. The molecule has 1 heterocycles. The molecule has 1 aliphatic heterocycles. The smallest absolute Gasteiger partial charge is 0.415 e. The highest BCUT2D eigenvalue weighted by atomic mass is 16.6. The molecule has 1 N–H and O–H groups in total. The Bertz CT molecular complexity index is 452. The number of ether oxygens (including phenoxy) is 2. The Morgan fingerprint density at radius 3 is 1.82 bits per heavy atom. The molecule has 0 spiro atoms. The second-order valence-corrected chi connectivity index (χ2v) is 7.76. The van der Waals surface area contributed by atoms with E-state index in [1.54, 1.807) is 0 Å². The fraction of sp³-hybridized carbons (Fsp3) is 0.864. The highest BCUT2D eigenvalue weighted by Gasteiger charge is 2.32. The first kappa shape index (κ1) is 24.4. The lowest BCUT2D eigenvalue weighted by Crippen LogP contribution is -2.29. The molecule has 0 aromatic rings. The maximum atomic E-state index is 11.6. The molecular weight excluding hydrogens is 358 g/mol. The molecule has 0 aromatic carbocycles. The van der Waals surface area contributed by atoms with Crippen LogP contribution in [0.4, 0.5) is 4.79 Å². The molecule has 162 valence electrons. The molecule has 1 fully saturated rings. The lowest BCUT2D eigenvalue weighted by Gasteiger charge is -2.07. The van der Waals surface area contributed by atoms with Crippen LogP contribution in [0.2, 0.25) is 0 Å². The van der Waals surface area contributed by atoms with Crippen molar-refractivity contribution in [3.8, 4) is 0 Å². The van der Waals surface area contributed by atoms with E-state index in [4.69, 9.17) is 4.74 Å². The summed E-state index contributed by atoms with van der Waals surface area (Å²) in [6.07, 6.45) is 17.7. The maximum absolute atomic E-state index is 11.6. The quantitative estimate of drug-likeness (QED) is 0.189. The largest absolute Gasteiger partial charge is 0.466 e. The number of alkyl carbamates (subject to hydrolysis) is 1. The number of cyclic esters (lactones) is 2. The first-order valence-corrected chi connectivity index (χ1v) is 11.3. The molecule has 28 heavy (non-hydrogen) atoms. The highest BCUT2D eigenvalue weighted by Crippen LogP contribution is 2.13. The summed E-state index contributed by atoms with van der Waals surface area (Å²) in [5.41, 5.74) is 0. The summed E-state index contributed by atoms with van der Waals surface area (Å²) < 4.78 is 9.52. The van der Waals surface area contributed by atoms with E-state index in [0.717, 1.165) is 12.8 Å². The van der Waals surface area contributed by atoms with Gasteiger partial charge in [0.15, 0.2) is 0 Å². The minimum absolute atomic E-state index is 0.110. The van der Waals surface area contributed by atoms with Crippen molar-refractivity contribution in [2.24, 2.45) is 0 Å². The molecular formula is C22H39NO5. The Morgan fingerprint density at radius 1 is 0.857 bits per heavy atom. The summed E-state index contributed by atoms with van der Waals surface area (Å²) in [6, 6.07) is -0.721. The summed E-state index contributed by atoms with van der Waals surface area (Å²) in [4.78, 5) is 33.7. The third kappa shape index (κ3) is 12.7. The molecule has 1 rings (SSSR count). The van der Waals surface area contributed by atoms with E-state index in [-0.39, 0.29) is 18.8 Å². The zero-order valence-corrected chi connectivity index (χ0v) is 17.6. The number of amides is 1. The van der Waals surface area contributed by atoms with Gasteiger partial charge in [-0.1, -0.05) is 90.4 Å². The van der Waals surface area contributed by atoms with E-state index in [1.807, 2.05) is 0 Å². The minimum Gasteiger partial charge on any atom is -0.466 e. The Balaban J connectivity index is 1.78. The third-order valence-corrected chi connectivity index (χ3v) is 5.17. The van der Waals surface area contributed by atoms with Crippen molar-refractivity contribution >= 4 is 18.0 Å². The first-order chi connectivity index (χ1) is 13.6. The van der Waals surface area contributed by atoms with Crippen molar-refractivity contribution in [3.05, 3.63) is 0 Å². The number of esters is 2. The van der Waals surface area contributed by atoms with Crippen LogP contribution in [0.5, 0.6) is 0 Å². The molecule has 1 saturated heterocycles. The predicted octanol–water partition coefficient (Wildman–Crippen LogP) is 5.43. The van der Waals surface area contributed by atoms with Gasteiger partial charge in [0.25, 0.3) is 0 Å². The number of hydrogen-bond acceptors (Lipinski definition) is 5. The van der Waals surface area contributed by atoms with Crippen LogP contribution in [0.25, 0.3) is 0 Å². The van der Waals surface area contributed by atoms with E-state index in [9.17, 15) is 14.4 Å². The predicted molar refractivity (Wildman–Crippen MR) is 109 cm³/mol.